The number of fused-ring (bicyclic) bond motifs is 5. The molecule has 1 N–H and O–H groups in total. The summed E-state index contributed by atoms with van der Waals surface area (Å²) >= 11 is 0. The summed E-state index contributed by atoms with van der Waals surface area (Å²) in [5.41, 5.74) is 3.61. The molecule has 5 rings (SSSR count). The van der Waals surface area contributed by atoms with Gasteiger partial charge in [-0.05, 0) is 48.9 Å². The van der Waals surface area contributed by atoms with Crippen LogP contribution in [0.25, 0.3) is 0 Å². The van der Waals surface area contributed by atoms with Gasteiger partial charge < -0.3 is 15.0 Å². The number of hydrogen-bond acceptors (Lipinski definition) is 3. The number of amides is 2. The predicted molar refractivity (Wildman–Crippen MR) is 97.5 cm³/mol. The van der Waals surface area contributed by atoms with Gasteiger partial charge in [0.05, 0.1) is 17.8 Å². The zero-order chi connectivity index (χ0) is 17.5. The van der Waals surface area contributed by atoms with Gasteiger partial charge in [0.15, 0.2) is 0 Å². The molecule has 0 aliphatic carbocycles. The van der Waals surface area contributed by atoms with Crippen molar-refractivity contribution in [3.63, 3.8) is 0 Å². The summed E-state index contributed by atoms with van der Waals surface area (Å²) < 4.78 is 5.88. The van der Waals surface area contributed by atoms with Gasteiger partial charge in [0.1, 0.15) is 6.10 Å². The van der Waals surface area contributed by atoms with Crippen LogP contribution >= 0.6 is 0 Å². The number of carbonyl (C=O) groups excluding carboxylic acids is 1. The van der Waals surface area contributed by atoms with Crippen molar-refractivity contribution in [2.45, 2.75) is 49.9 Å². The number of urea groups is 1. The Kier molecular flexibility index (Phi) is 3.89. The van der Waals surface area contributed by atoms with Gasteiger partial charge in [0.2, 0.25) is 0 Å². The molecule has 4 atom stereocenters. The number of hydrogen-bond donors (Lipinski definition) is 1. The smallest absolute Gasteiger partial charge is 0.318 e. The standard InChI is InChI=1S/C21H23N3O2/c25-21(24-18-8-9-19(24)16-6-2-1-5-15(16)18)23-14-10-12-26-20(13-14)17-7-3-4-11-22-17/h1-7,11,14,18-20H,8-10,12-13H2,(H,23,25)/t14-,18?,19?,20-/m1/s1. The number of pyridine rings is 1. The molecule has 2 bridgehead atoms. The van der Waals surface area contributed by atoms with Crippen LogP contribution in [0.3, 0.4) is 0 Å². The lowest BCUT2D eigenvalue weighted by molar-refractivity contribution is -0.00122. The fourth-order valence-electron chi connectivity index (χ4n) is 4.77. The minimum Gasteiger partial charge on any atom is -0.372 e. The summed E-state index contributed by atoms with van der Waals surface area (Å²) in [6.45, 7) is 0.652. The van der Waals surface area contributed by atoms with Gasteiger partial charge >= 0.3 is 6.03 Å². The van der Waals surface area contributed by atoms with E-state index in [0.29, 0.717) is 6.61 Å². The molecular weight excluding hydrogens is 326 g/mol. The van der Waals surface area contributed by atoms with Crippen molar-refractivity contribution in [2.24, 2.45) is 0 Å². The summed E-state index contributed by atoms with van der Waals surface area (Å²) in [5, 5.41) is 3.28. The molecule has 0 spiro atoms. The van der Waals surface area contributed by atoms with Crippen molar-refractivity contribution in [3.8, 4) is 0 Å². The molecule has 4 heterocycles. The zero-order valence-corrected chi connectivity index (χ0v) is 14.7. The Hall–Kier alpha value is -2.40. The number of benzene rings is 1. The maximum Gasteiger partial charge on any atom is 0.318 e. The minimum absolute atomic E-state index is 0.0391. The van der Waals surface area contributed by atoms with E-state index in [1.807, 2.05) is 18.2 Å². The van der Waals surface area contributed by atoms with E-state index >= 15 is 0 Å². The van der Waals surface area contributed by atoms with Crippen LogP contribution in [-0.4, -0.2) is 28.6 Å². The van der Waals surface area contributed by atoms with Crippen LogP contribution in [0.1, 0.15) is 60.7 Å². The second-order valence-electron chi connectivity index (χ2n) is 7.43. The Bertz CT molecular complexity index is 779. The van der Waals surface area contributed by atoms with Crippen molar-refractivity contribution in [1.82, 2.24) is 15.2 Å². The van der Waals surface area contributed by atoms with Crippen molar-refractivity contribution < 1.29 is 9.53 Å². The van der Waals surface area contributed by atoms with Crippen LogP contribution in [-0.2, 0) is 4.74 Å². The molecule has 3 aliphatic rings. The van der Waals surface area contributed by atoms with Crippen molar-refractivity contribution in [1.29, 1.82) is 0 Å². The average Bonchev–Trinajstić information content (AvgIpc) is 3.27. The highest BCUT2D eigenvalue weighted by Crippen LogP contribution is 2.52. The third-order valence-corrected chi connectivity index (χ3v) is 5.96. The Morgan fingerprint density at radius 3 is 2.46 bits per heavy atom. The van der Waals surface area contributed by atoms with E-state index in [-0.39, 0.29) is 30.3 Å². The highest BCUT2D eigenvalue weighted by molar-refractivity contribution is 5.77. The molecule has 2 amide bonds. The second-order valence-corrected chi connectivity index (χ2v) is 7.43. The van der Waals surface area contributed by atoms with Gasteiger partial charge in [-0.25, -0.2) is 4.79 Å². The molecule has 2 aromatic rings. The maximum absolute atomic E-state index is 13.0. The molecule has 2 fully saturated rings. The molecule has 1 aromatic carbocycles. The monoisotopic (exact) mass is 349 g/mol. The Labute approximate surface area is 153 Å². The molecule has 134 valence electrons. The van der Waals surface area contributed by atoms with Gasteiger partial charge in [-0.1, -0.05) is 30.3 Å². The lowest BCUT2D eigenvalue weighted by atomic mass is 9.92. The molecule has 3 aliphatic heterocycles. The van der Waals surface area contributed by atoms with Crippen molar-refractivity contribution in [2.75, 3.05) is 6.61 Å². The van der Waals surface area contributed by atoms with E-state index in [0.717, 1.165) is 31.4 Å². The number of aromatic nitrogens is 1. The lowest BCUT2D eigenvalue weighted by Gasteiger charge is -2.32. The first-order valence-corrected chi connectivity index (χ1v) is 9.51. The van der Waals surface area contributed by atoms with Crippen LogP contribution in [0.15, 0.2) is 48.7 Å². The van der Waals surface area contributed by atoms with E-state index < -0.39 is 0 Å². The Morgan fingerprint density at radius 2 is 1.77 bits per heavy atom. The van der Waals surface area contributed by atoms with Crippen LogP contribution < -0.4 is 5.32 Å². The molecule has 26 heavy (non-hydrogen) atoms. The molecule has 2 saturated heterocycles. The third-order valence-electron chi connectivity index (χ3n) is 5.96. The van der Waals surface area contributed by atoms with Crippen molar-refractivity contribution >= 4 is 6.03 Å². The first kappa shape index (κ1) is 15.8. The maximum atomic E-state index is 13.0. The van der Waals surface area contributed by atoms with E-state index in [4.69, 9.17) is 4.74 Å². The molecule has 1 aromatic heterocycles. The topological polar surface area (TPSA) is 54.5 Å². The Morgan fingerprint density at radius 1 is 1.04 bits per heavy atom. The summed E-state index contributed by atoms with van der Waals surface area (Å²) in [6.07, 6.45) is 5.52. The van der Waals surface area contributed by atoms with E-state index in [1.54, 1.807) is 6.20 Å². The first-order chi connectivity index (χ1) is 12.8. The van der Waals surface area contributed by atoms with Crippen LogP contribution in [0.4, 0.5) is 4.79 Å². The molecule has 5 nitrogen and oxygen atoms in total. The molecule has 5 heteroatoms. The van der Waals surface area contributed by atoms with Crippen LogP contribution in [0.2, 0.25) is 0 Å². The predicted octanol–water partition coefficient (Wildman–Crippen LogP) is 3.90. The molecule has 0 radical (unpaired) electrons. The Balaban J connectivity index is 1.28. The summed E-state index contributed by atoms with van der Waals surface area (Å²) in [5.74, 6) is 0. The number of rotatable bonds is 2. The third kappa shape index (κ3) is 2.58. The molecule has 2 unspecified atom stereocenters. The minimum atomic E-state index is -0.0391. The fraction of sp³-hybridized carbons (Fsp3) is 0.429. The largest absolute Gasteiger partial charge is 0.372 e. The summed E-state index contributed by atoms with van der Waals surface area (Å²) in [7, 11) is 0. The lowest BCUT2D eigenvalue weighted by Crippen LogP contribution is -2.46. The average molecular weight is 349 g/mol. The zero-order valence-electron chi connectivity index (χ0n) is 14.7. The van der Waals surface area contributed by atoms with Gasteiger partial charge in [0, 0.05) is 18.8 Å². The van der Waals surface area contributed by atoms with E-state index in [9.17, 15) is 4.79 Å². The number of ether oxygens (including phenoxy) is 1. The van der Waals surface area contributed by atoms with Crippen LogP contribution in [0, 0.1) is 0 Å². The summed E-state index contributed by atoms with van der Waals surface area (Å²) in [6, 6.07) is 15.1. The normalized spacial score (nSPS) is 29.5. The van der Waals surface area contributed by atoms with Crippen molar-refractivity contribution in [3.05, 3.63) is 65.5 Å². The highest BCUT2D eigenvalue weighted by Gasteiger charge is 2.46. The van der Waals surface area contributed by atoms with Gasteiger partial charge in [-0.15, -0.1) is 0 Å². The SMILES string of the molecule is O=C(N[C@@H]1CCO[C@@H](c2ccccn2)C1)N1C2CCC1c1ccccc12. The summed E-state index contributed by atoms with van der Waals surface area (Å²) in [4.78, 5) is 19.5. The van der Waals surface area contributed by atoms with E-state index in [1.165, 1.54) is 11.1 Å². The molecular formula is C21H23N3O2. The highest BCUT2D eigenvalue weighted by atomic mass is 16.5. The van der Waals surface area contributed by atoms with Gasteiger partial charge in [0.25, 0.3) is 0 Å². The number of carbonyl (C=O) groups is 1. The molecule has 0 saturated carbocycles. The van der Waals surface area contributed by atoms with E-state index in [2.05, 4.69) is 39.5 Å². The van der Waals surface area contributed by atoms with Gasteiger partial charge in [-0.2, -0.15) is 0 Å². The number of nitrogens with one attached hydrogen (secondary N) is 1. The second kappa shape index (κ2) is 6.40. The number of nitrogens with zero attached hydrogens (tertiary/aromatic N) is 2. The first-order valence-electron chi connectivity index (χ1n) is 9.51. The van der Waals surface area contributed by atoms with Crippen LogP contribution in [0.5, 0.6) is 0 Å². The quantitative estimate of drug-likeness (QED) is 0.894. The van der Waals surface area contributed by atoms with Gasteiger partial charge in [-0.3, -0.25) is 4.98 Å². The fourth-order valence-corrected chi connectivity index (χ4v) is 4.77.